The number of benzene rings is 1. The van der Waals surface area contributed by atoms with Gasteiger partial charge in [0.05, 0.1) is 12.0 Å². The Kier molecular flexibility index (Phi) is 2.73. The van der Waals surface area contributed by atoms with E-state index >= 15 is 0 Å². The molecule has 1 N–H and O–H groups in total. The van der Waals surface area contributed by atoms with Crippen molar-refractivity contribution in [3.05, 3.63) is 35.9 Å². The third-order valence-electron chi connectivity index (χ3n) is 2.84. The molecule has 80 valence electrons. The molecular weight excluding hydrogens is 190 g/mol. The highest BCUT2D eigenvalue weighted by Gasteiger charge is 2.39. The maximum Gasteiger partial charge on any atom is 0.230 e. The molecule has 0 aliphatic carbocycles. The number of carbonyl (C=O) groups is 1. The molecule has 2 atom stereocenters. The first-order chi connectivity index (χ1) is 7.18. The number of carbonyl (C=O) groups excluding carboxylic acids is 1. The molecule has 1 saturated heterocycles. The van der Waals surface area contributed by atoms with Crippen LogP contribution in [0.2, 0.25) is 0 Å². The van der Waals surface area contributed by atoms with Crippen LogP contribution in [0, 0.1) is 5.92 Å². The van der Waals surface area contributed by atoms with E-state index < -0.39 is 6.10 Å². The standard InChI is InChI=1S/C12H15NO2/c1-9(14)11-8-13(12(11)15)7-10-5-3-2-4-6-10/h2-6,9,11,14H,7-8H2,1H3. The summed E-state index contributed by atoms with van der Waals surface area (Å²) in [5.74, 6) is -0.123. The van der Waals surface area contributed by atoms with Gasteiger partial charge in [-0.1, -0.05) is 30.3 Å². The predicted molar refractivity (Wildman–Crippen MR) is 57.0 cm³/mol. The quantitative estimate of drug-likeness (QED) is 0.749. The zero-order valence-electron chi connectivity index (χ0n) is 8.76. The van der Waals surface area contributed by atoms with Crippen molar-refractivity contribution in [2.24, 2.45) is 5.92 Å². The smallest absolute Gasteiger partial charge is 0.230 e. The van der Waals surface area contributed by atoms with Gasteiger partial charge in [-0.2, -0.15) is 0 Å². The van der Waals surface area contributed by atoms with E-state index in [-0.39, 0.29) is 11.8 Å². The van der Waals surface area contributed by atoms with Crippen LogP contribution >= 0.6 is 0 Å². The van der Waals surface area contributed by atoms with Crippen molar-refractivity contribution in [3.8, 4) is 0 Å². The number of likely N-dealkylation sites (tertiary alicyclic amines) is 1. The summed E-state index contributed by atoms with van der Waals surface area (Å²) in [6.45, 7) is 3.00. The normalized spacial score (nSPS) is 22.4. The molecule has 1 aliphatic rings. The number of β-lactam (4-membered cyclic amide) rings is 1. The number of aliphatic hydroxyl groups is 1. The Morgan fingerprint density at radius 3 is 2.67 bits per heavy atom. The van der Waals surface area contributed by atoms with Crippen LogP contribution in [-0.2, 0) is 11.3 Å². The van der Waals surface area contributed by atoms with Crippen molar-refractivity contribution in [3.63, 3.8) is 0 Å². The Hall–Kier alpha value is -1.35. The lowest BCUT2D eigenvalue weighted by molar-refractivity contribution is -0.154. The van der Waals surface area contributed by atoms with Crippen LogP contribution in [0.3, 0.4) is 0 Å². The summed E-state index contributed by atoms with van der Waals surface area (Å²) < 4.78 is 0. The molecule has 1 aromatic rings. The summed E-state index contributed by atoms with van der Waals surface area (Å²) in [7, 11) is 0. The molecule has 1 amide bonds. The maximum atomic E-state index is 11.6. The molecule has 3 nitrogen and oxygen atoms in total. The van der Waals surface area contributed by atoms with Crippen LogP contribution in [0.5, 0.6) is 0 Å². The van der Waals surface area contributed by atoms with Crippen LogP contribution < -0.4 is 0 Å². The molecule has 0 radical (unpaired) electrons. The van der Waals surface area contributed by atoms with Gasteiger partial charge in [0, 0.05) is 13.1 Å². The van der Waals surface area contributed by atoms with Crippen LogP contribution in [0.15, 0.2) is 30.3 Å². The highest BCUT2D eigenvalue weighted by atomic mass is 16.3. The highest BCUT2D eigenvalue weighted by molar-refractivity contribution is 5.85. The number of amides is 1. The van der Waals surface area contributed by atoms with Gasteiger partial charge in [0.2, 0.25) is 5.91 Å². The minimum Gasteiger partial charge on any atom is -0.393 e. The van der Waals surface area contributed by atoms with Gasteiger partial charge in [-0.3, -0.25) is 4.79 Å². The van der Waals surface area contributed by atoms with E-state index in [4.69, 9.17) is 0 Å². The summed E-state index contributed by atoms with van der Waals surface area (Å²) in [4.78, 5) is 13.3. The lowest BCUT2D eigenvalue weighted by Gasteiger charge is -2.40. The van der Waals surface area contributed by atoms with Gasteiger partial charge in [0.1, 0.15) is 0 Å². The Bertz CT molecular complexity index is 348. The monoisotopic (exact) mass is 205 g/mol. The number of nitrogens with zero attached hydrogens (tertiary/aromatic N) is 1. The van der Waals surface area contributed by atoms with Gasteiger partial charge < -0.3 is 10.0 Å². The first-order valence-electron chi connectivity index (χ1n) is 5.19. The van der Waals surface area contributed by atoms with Gasteiger partial charge in [-0.25, -0.2) is 0 Å². The lowest BCUT2D eigenvalue weighted by atomic mass is 9.93. The summed E-state index contributed by atoms with van der Waals surface area (Å²) in [6.07, 6.45) is -0.524. The fourth-order valence-corrected chi connectivity index (χ4v) is 1.83. The van der Waals surface area contributed by atoms with Crippen molar-refractivity contribution in [1.82, 2.24) is 4.90 Å². The van der Waals surface area contributed by atoms with Gasteiger partial charge in [0.25, 0.3) is 0 Å². The van der Waals surface area contributed by atoms with Crippen molar-refractivity contribution in [2.75, 3.05) is 6.54 Å². The van der Waals surface area contributed by atoms with Gasteiger partial charge in [0.15, 0.2) is 0 Å². The summed E-state index contributed by atoms with van der Waals surface area (Å²) >= 11 is 0. The van der Waals surface area contributed by atoms with Crippen LogP contribution in [0.25, 0.3) is 0 Å². The number of rotatable bonds is 3. The molecule has 1 aliphatic heterocycles. The van der Waals surface area contributed by atoms with E-state index in [1.807, 2.05) is 30.3 Å². The fraction of sp³-hybridized carbons (Fsp3) is 0.417. The second kappa shape index (κ2) is 4.03. The van der Waals surface area contributed by atoms with E-state index in [9.17, 15) is 9.90 Å². The first-order valence-corrected chi connectivity index (χ1v) is 5.19. The van der Waals surface area contributed by atoms with Crippen molar-refractivity contribution in [2.45, 2.75) is 19.6 Å². The van der Waals surface area contributed by atoms with Crippen molar-refractivity contribution >= 4 is 5.91 Å². The molecule has 1 heterocycles. The largest absolute Gasteiger partial charge is 0.393 e. The number of hydrogen-bond donors (Lipinski definition) is 1. The molecule has 2 rings (SSSR count). The average Bonchev–Trinajstić information content (AvgIpc) is 2.24. The molecule has 0 aromatic heterocycles. The van der Waals surface area contributed by atoms with E-state index in [0.29, 0.717) is 13.1 Å². The third-order valence-corrected chi connectivity index (χ3v) is 2.84. The second-order valence-corrected chi connectivity index (χ2v) is 4.05. The molecule has 3 heteroatoms. The molecule has 15 heavy (non-hydrogen) atoms. The van der Waals surface area contributed by atoms with Gasteiger partial charge in [-0.05, 0) is 12.5 Å². The molecule has 1 fully saturated rings. The number of aliphatic hydroxyl groups excluding tert-OH is 1. The third kappa shape index (κ3) is 2.02. The zero-order valence-corrected chi connectivity index (χ0v) is 8.76. The Morgan fingerprint density at radius 1 is 1.47 bits per heavy atom. The Balaban J connectivity index is 1.92. The van der Waals surface area contributed by atoms with E-state index in [0.717, 1.165) is 5.56 Å². The molecule has 0 saturated carbocycles. The minimum atomic E-state index is -0.524. The Morgan fingerprint density at radius 2 is 2.13 bits per heavy atom. The second-order valence-electron chi connectivity index (χ2n) is 4.05. The maximum absolute atomic E-state index is 11.6. The molecule has 0 spiro atoms. The summed E-state index contributed by atoms with van der Waals surface area (Å²) in [5.41, 5.74) is 1.13. The fourth-order valence-electron chi connectivity index (χ4n) is 1.83. The number of hydrogen-bond acceptors (Lipinski definition) is 2. The molecule has 0 bridgehead atoms. The summed E-state index contributed by atoms with van der Waals surface area (Å²) in [6, 6.07) is 9.89. The van der Waals surface area contributed by atoms with E-state index in [2.05, 4.69) is 0 Å². The predicted octanol–water partition coefficient (Wildman–Crippen LogP) is 1.03. The van der Waals surface area contributed by atoms with Gasteiger partial charge >= 0.3 is 0 Å². The summed E-state index contributed by atoms with van der Waals surface area (Å²) in [5, 5.41) is 9.28. The van der Waals surface area contributed by atoms with Crippen LogP contribution in [0.1, 0.15) is 12.5 Å². The van der Waals surface area contributed by atoms with Crippen molar-refractivity contribution < 1.29 is 9.90 Å². The van der Waals surface area contributed by atoms with E-state index in [1.165, 1.54) is 0 Å². The van der Waals surface area contributed by atoms with Gasteiger partial charge in [-0.15, -0.1) is 0 Å². The molecule has 1 aromatic carbocycles. The van der Waals surface area contributed by atoms with E-state index in [1.54, 1.807) is 11.8 Å². The molecular formula is C12H15NO2. The lowest BCUT2D eigenvalue weighted by Crippen LogP contribution is -2.55. The molecule has 2 unspecified atom stereocenters. The van der Waals surface area contributed by atoms with Crippen LogP contribution in [-0.4, -0.2) is 28.6 Å². The SMILES string of the molecule is CC(O)C1CN(Cc2ccccc2)C1=O. The minimum absolute atomic E-state index is 0.0638. The average molecular weight is 205 g/mol. The first kappa shape index (κ1) is 10.2. The topological polar surface area (TPSA) is 40.5 Å². The highest BCUT2D eigenvalue weighted by Crippen LogP contribution is 2.23. The zero-order chi connectivity index (χ0) is 10.8. The Labute approximate surface area is 89.3 Å². The van der Waals surface area contributed by atoms with Crippen LogP contribution in [0.4, 0.5) is 0 Å². The van der Waals surface area contributed by atoms with Crippen molar-refractivity contribution in [1.29, 1.82) is 0 Å².